The zero-order chi connectivity index (χ0) is 23.9. The van der Waals surface area contributed by atoms with Gasteiger partial charge in [-0.3, -0.25) is 9.59 Å². The third kappa shape index (κ3) is 6.46. The van der Waals surface area contributed by atoms with Crippen molar-refractivity contribution in [1.82, 2.24) is 20.6 Å². The zero-order valence-electron chi connectivity index (χ0n) is 20.2. The van der Waals surface area contributed by atoms with Crippen LogP contribution in [0.4, 0.5) is 17.3 Å². The summed E-state index contributed by atoms with van der Waals surface area (Å²) in [7, 11) is 0. The van der Waals surface area contributed by atoms with E-state index >= 15 is 0 Å². The molecule has 2 saturated heterocycles. The molecule has 2 fully saturated rings. The van der Waals surface area contributed by atoms with Crippen LogP contribution in [0, 0.1) is 17.8 Å². The van der Waals surface area contributed by atoms with Gasteiger partial charge < -0.3 is 20.9 Å². The van der Waals surface area contributed by atoms with Gasteiger partial charge >= 0.3 is 0 Å². The average Bonchev–Trinajstić information content (AvgIpc) is 3.30. The number of hydrogen-bond donors (Lipinski definition) is 3. The number of carbonyl (C=O) groups is 2. The first kappa shape index (κ1) is 24.0. The number of nitrogens with one attached hydrogen (secondary N) is 3. The van der Waals surface area contributed by atoms with Crippen molar-refractivity contribution in [2.24, 2.45) is 17.8 Å². The Morgan fingerprint density at radius 1 is 1.12 bits per heavy atom. The van der Waals surface area contributed by atoms with Crippen LogP contribution >= 0.6 is 0 Å². The topological polar surface area (TPSA) is 99.3 Å². The predicted molar refractivity (Wildman–Crippen MR) is 134 cm³/mol. The van der Waals surface area contributed by atoms with E-state index < -0.39 is 0 Å². The minimum atomic E-state index is -0.229. The third-order valence-electron chi connectivity index (χ3n) is 6.94. The molecule has 1 aromatic carbocycles. The Hall–Kier alpha value is -3.16. The van der Waals surface area contributed by atoms with Crippen molar-refractivity contribution in [1.29, 1.82) is 0 Å². The van der Waals surface area contributed by atoms with Gasteiger partial charge in [-0.05, 0) is 55.2 Å². The van der Waals surface area contributed by atoms with Crippen molar-refractivity contribution in [2.75, 3.05) is 36.4 Å². The molecule has 1 atom stereocenters. The molecule has 1 aromatic heterocycles. The van der Waals surface area contributed by atoms with Crippen molar-refractivity contribution in [2.45, 2.75) is 46.0 Å². The molecule has 3 heterocycles. The highest BCUT2D eigenvalue weighted by molar-refractivity contribution is 5.89. The first-order valence-electron chi connectivity index (χ1n) is 12.5. The van der Waals surface area contributed by atoms with Gasteiger partial charge in [-0.1, -0.05) is 26.0 Å². The molecule has 0 radical (unpaired) electrons. The Kier molecular flexibility index (Phi) is 7.98. The lowest BCUT2D eigenvalue weighted by atomic mass is 9.87. The highest BCUT2D eigenvalue weighted by Gasteiger charge is 2.27. The van der Waals surface area contributed by atoms with Crippen LogP contribution in [-0.2, 0) is 16.0 Å². The van der Waals surface area contributed by atoms with Gasteiger partial charge in [-0.25, -0.2) is 9.97 Å². The first-order valence-corrected chi connectivity index (χ1v) is 12.5. The fraction of sp³-hybridized carbons (Fsp3) is 0.538. The second-order valence-electron chi connectivity index (χ2n) is 9.76. The van der Waals surface area contributed by atoms with Crippen LogP contribution in [0.5, 0.6) is 0 Å². The molecule has 0 aliphatic carbocycles. The summed E-state index contributed by atoms with van der Waals surface area (Å²) in [4.78, 5) is 34.7. The highest BCUT2D eigenvalue weighted by atomic mass is 16.2. The van der Waals surface area contributed by atoms with Crippen LogP contribution < -0.4 is 20.9 Å². The van der Waals surface area contributed by atoms with Gasteiger partial charge in [-0.2, -0.15) is 0 Å². The largest absolute Gasteiger partial charge is 0.356 e. The number of nitrogens with zero attached hydrogens (tertiary/aromatic N) is 3. The van der Waals surface area contributed by atoms with Crippen molar-refractivity contribution >= 4 is 29.1 Å². The Balaban J connectivity index is 1.18. The van der Waals surface area contributed by atoms with E-state index in [1.54, 1.807) is 0 Å². The molecule has 2 aliphatic rings. The summed E-state index contributed by atoms with van der Waals surface area (Å²) in [6.07, 6.45) is 8.15. The van der Waals surface area contributed by atoms with Gasteiger partial charge in [0.15, 0.2) is 0 Å². The molecule has 4 rings (SSSR count). The van der Waals surface area contributed by atoms with Crippen LogP contribution in [0.3, 0.4) is 0 Å². The molecule has 34 heavy (non-hydrogen) atoms. The molecule has 2 amide bonds. The van der Waals surface area contributed by atoms with Crippen molar-refractivity contribution < 1.29 is 9.59 Å². The molecule has 182 valence electrons. The fourth-order valence-electron chi connectivity index (χ4n) is 4.68. The number of hydrogen-bond acceptors (Lipinski definition) is 6. The van der Waals surface area contributed by atoms with Crippen molar-refractivity contribution in [3.05, 3.63) is 42.2 Å². The number of amides is 2. The molecule has 8 heteroatoms. The highest BCUT2D eigenvalue weighted by Crippen LogP contribution is 2.26. The van der Waals surface area contributed by atoms with E-state index in [0.29, 0.717) is 19.5 Å². The molecular weight excluding hydrogens is 428 g/mol. The summed E-state index contributed by atoms with van der Waals surface area (Å²) >= 11 is 0. The summed E-state index contributed by atoms with van der Waals surface area (Å²) in [6.45, 7) is 7.73. The maximum atomic E-state index is 12.0. The lowest BCUT2D eigenvalue weighted by Crippen LogP contribution is -2.36. The minimum Gasteiger partial charge on any atom is -0.356 e. The van der Waals surface area contributed by atoms with Crippen LogP contribution in [0.25, 0.3) is 0 Å². The Bertz CT molecular complexity index is 952. The average molecular weight is 465 g/mol. The van der Waals surface area contributed by atoms with Crippen molar-refractivity contribution in [3.63, 3.8) is 0 Å². The molecular formula is C26H36N6O2. The fourth-order valence-corrected chi connectivity index (χ4v) is 4.68. The second kappa shape index (κ2) is 11.3. The Morgan fingerprint density at radius 2 is 1.82 bits per heavy atom. The van der Waals surface area contributed by atoms with E-state index in [9.17, 15) is 9.59 Å². The summed E-state index contributed by atoms with van der Waals surface area (Å²) in [5, 5.41) is 9.00. The molecule has 0 spiro atoms. The standard InChI is InChI=1S/C26H36N6O2/c1-18(2)20-9-12-32(13-10-20)26-29-16-23(17-30-26)31-22-7-5-19(6-8-22)4-3-11-27-25(34)21-14-24(33)28-15-21/h5-8,16-18,20-21,31H,3-4,9-15H2,1-2H3,(H,27,34)(H,28,33). The predicted octanol–water partition coefficient (Wildman–Crippen LogP) is 3.28. The van der Waals surface area contributed by atoms with Gasteiger partial charge in [0.1, 0.15) is 0 Å². The third-order valence-corrected chi connectivity index (χ3v) is 6.94. The molecule has 2 aromatic rings. The number of carbonyl (C=O) groups excluding carboxylic acids is 2. The number of anilines is 3. The molecule has 2 aliphatic heterocycles. The minimum absolute atomic E-state index is 0.0359. The summed E-state index contributed by atoms with van der Waals surface area (Å²) in [5.74, 6) is 2.05. The van der Waals surface area contributed by atoms with Gasteiger partial charge in [0, 0.05) is 38.3 Å². The molecule has 0 bridgehead atoms. The maximum absolute atomic E-state index is 12.0. The lowest BCUT2D eigenvalue weighted by molar-refractivity contribution is -0.126. The van der Waals surface area contributed by atoms with Crippen LogP contribution in [0.15, 0.2) is 36.7 Å². The van der Waals surface area contributed by atoms with E-state index in [-0.39, 0.29) is 17.7 Å². The van der Waals surface area contributed by atoms with Crippen LogP contribution in [0.2, 0.25) is 0 Å². The normalized spacial score (nSPS) is 18.7. The Morgan fingerprint density at radius 3 is 2.44 bits per heavy atom. The van der Waals surface area contributed by atoms with Gasteiger partial charge in [0.25, 0.3) is 0 Å². The summed E-state index contributed by atoms with van der Waals surface area (Å²) in [6, 6.07) is 8.29. The van der Waals surface area contributed by atoms with E-state index in [0.717, 1.165) is 55.1 Å². The van der Waals surface area contributed by atoms with Crippen LogP contribution in [0.1, 0.15) is 45.1 Å². The number of aryl methyl sites for hydroxylation is 1. The zero-order valence-corrected chi connectivity index (χ0v) is 20.2. The number of benzene rings is 1. The van der Waals surface area contributed by atoms with Crippen molar-refractivity contribution in [3.8, 4) is 0 Å². The monoisotopic (exact) mass is 464 g/mol. The molecule has 8 nitrogen and oxygen atoms in total. The summed E-state index contributed by atoms with van der Waals surface area (Å²) < 4.78 is 0. The van der Waals surface area contributed by atoms with E-state index in [1.807, 2.05) is 24.5 Å². The van der Waals surface area contributed by atoms with Gasteiger partial charge in [0.05, 0.1) is 24.0 Å². The quantitative estimate of drug-likeness (QED) is 0.493. The van der Waals surface area contributed by atoms with E-state index in [4.69, 9.17) is 0 Å². The lowest BCUT2D eigenvalue weighted by Gasteiger charge is -2.33. The maximum Gasteiger partial charge on any atom is 0.225 e. The number of piperidine rings is 1. The Labute approximate surface area is 201 Å². The smallest absolute Gasteiger partial charge is 0.225 e. The number of aromatic nitrogens is 2. The van der Waals surface area contributed by atoms with Gasteiger partial charge in [0.2, 0.25) is 17.8 Å². The van der Waals surface area contributed by atoms with Gasteiger partial charge in [-0.15, -0.1) is 0 Å². The molecule has 0 saturated carbocycles. The SMILES string of the molecule is CC(C)C1CCN(c2ncc(Nc3ccc(CCCNC(=O)C4CNC(=O)C4)cc3)cn2)CC1. The van der Waals surface area contributed by atoms with Crippen LogP contribution in [-0.4, -0.2) is 48.0 Å². The first-order chi connectivity index (χ1) is 16.5. The van der Waals surface area contributed by atoms with E-state index in [2.05, 4.69) is 56.8 Å². The molecule has 3 N–H and O–H groups in total. The summed E-state index contributed by atoms with van der Waals surface area (Å²) in [5.41, 5.74) is 3.08. The second-order valence-corrected chi connectivity index (χ2v) is 9.76. The van der Waals surface area contributed by atoms with E-state index in [1.165, 1.54) is 18.4 Å². The number of rotatable bonds is 9. The molecule has 1 unspecified atom stereocenters.